The summed E-state index contributed by atoms with van der Waals surface area (Å²) in [5.74, 6) is -0.792. The van der Waals surface area contributed by atoms with Crippen LogP contribution in [-0.2, 0) is 4.79 Å². The number of hydrogen-bond donors (Lipinski definition) is 2. The van der Waals surface area contributed by atoms with Crippen LogP contribution in [0.4, 0.5) is 11.4 Å². The smallest absolute Gasteiger partial charge is 0.335 e. The number of aromatic carboxylic acids is 1. The Labute approximate surface area is 105 Å². The Morgan fingerprint density at radius 2 is 2.22 bits per heavy atom. The highest BCUT2D eigenvalue weighted by atomic mass is 16.4. The van der Waals surface area contributed by atoms with Gasteiger partial charge in [-0.05, 0) is 25.1 Å². The Balaban J connectivity index is 2.25. The summed E-state index contributed by atoms with van der Waals surface area (Å²) >= 11 is 0. The molecule has 2 N–H and O–H groups in total. The van der Waals surface area contributed by atoms with E-state index in [1.54, 1.807) is 25.1 Å². The quantitative estimate of drug-likeness (QED) is 0.847. The summed E-state index contributed by atoms with van der Waals surface area (Å²) in [6.07, 6.45) is 0.483. The minimum Gasteiger partial charge on any atom is -0.478 e. The highest BCUT2D eigenvalue weighted by Gasteiger charge is 2.18. The van der Waals surface area contributed by atoms with Crippen LogP contribution < -0.4 is 10.2 Å². The topological polar surface area (TPSA) is 69.6 Å². The maximum Gasteiger partial charge on any atom is 0.335 e. The maximum absolute atomic E-state index is 11.0. The number of benzene rings is 1. The zero-order valence-electron chi connectivity index (χ0n) is 10.3. The van der Waals surface area contributed by atoms with Crippen molar-refractivity contribution < 1.29 is 14.7 Å². The molecule has 1 aromatic carbocycles. The number of nitrogens with one attached hydrogen (secondary N) is 1. The summed E-state index contributed by atoms with van der Waals surface area (Å²) in [4.78, 5) is 24.1. The number of carbonyl (C=O) groups excluding carboxylic acids is 1. The Morgan fingerprint density at radius 1 is 1.44 bits per heavy atom. The molecule has 0 atom stereocenters. The molecular formula is C13H16N2O3. The molecule has 18 heavy (non-hydrogen) atoms. The van der Waals surface area contributed by atoms with Crippen LogP contribution in [0.1, 0.15) is 23.7 Å². The van der Waals surface area contributed by atoms with Gasteiger partial charge < -0.3 is 15.3 Å². The van der Waals surface area contributed by atoms with Gasteiger partial charge in [0.15, 0.2) is 0 Å². The Morgan fingerprint density at radius 3 is 2.89 bits per heavy atom. The van der Waals surface area contributed by atoms with Gasteiger partial charge in [-0.1, -0.05) is 0 Å². The van der Waals surface area contributed by atoms with E-state index < -0.39 is 5.97 Å². The van der Waals surface area contributed by atoms with Crippen molar-refractivity contribution in [3.05, 3.63) is 23.8 Å². The number of rotatable bonds is 4. The van der Waals surface area contributed by atoms with Gasteiger partial charge in [-0.25, -0.2) is 4.79 Å². The van der Waals surface area contributed by atoms with Crippen LogP contribution in [0.3, 0.4) is 0 Å². The minimum absolute atomic E-state index is 0.143. The van der Waals surface area contributed by atoms with Gasteiger partial charge >= 0.3 is 5.97 Å². The van der Waals surface area contributed by atoms with Gasteiger partial charge in [0.05, 0.1) is 16.9 Å². The molecule has 0 spiro atoms. The summed E-state index contributed by atoms with van der Waals surface area (Å²) in [6, 6.07) is 5.02. The molecule has 0 bridgehead atoms. The zero-order valence-corrected chi connectivity index (χ0v) is 10.3. The van der Waals surface area contributed by atoms with Gasteiger partial charge in [0.2, 0.25) is 0 Å². The van der Waals surface area contributed by atoms with E-state index in [0.29, 0.717) is 13.0 Å². The SMILES string of the molecule is CC(=O)CCN1CCNc2ccc(C(=O)O)cc21. The number of ketones is 1. The molecule has 2 rings (SSSR count). The van der Waals surface area contributed by atoms with Gasteiger partial charge in [-0.2, -0.15) is 0 Å². The van der Waals surface area contributed by atoms with Crippen molar-refractivity contribution in [3.63, 3.8) is 0 Å². The van der Waals surface area contributed by atoms with Crippen LogP contribution >= 0.6 is 0 Å². The first kappa shape index (κ1) is 12.4. The molecular weight excluding hydrogens is 232 g/mol. The highest BCUT2D eigenvalue weighted by Crippen LogP contribution is 2.30. The maximum atomic E-state index is 11.0. The molecule has 1 aliphatic rings. The average molecular weight is 248 g/mol. The molecule has 0 radical (unpaired) electrons. The van der Waals surface area contributed by atoms with E-state index >= 15 is 0 Å². The van der Waals surface area contributed by atoms with Crippen LogP contribution in [0, 0.1) is 0 Å². The molecule has 0 fully saturated rings. The van der Waals surface area contributed by atoms with Crippen molar-refractivity contribution >= 4 is 23.1 Å². The fourth-order valence-electron chi connectivity index (χ4n) is 2.05. The highest BCUT2D eigenvalue weighted by molar-refractivity contribution is 5.91. The summed E-state index contributed by atoms with van der Waals surface area (Å²) in [5.41, 5.74) is 2.06. The van der Waals surface area contributed by atoms with Crippen LogP contribution in [0.15, 0.2) is 18.2 Å². The van der Waals surface area contributed by atoms with Crippen molar-refractivity contribution in [1.29, 1.82) is 0 Å². The first-order valence-electron chi connectivity index (χ1n) is 5.93. The molecule has 5 heteroatoms. The molecule has 5 nitrogen and oxygen atoms in total. The van der Waals surface area contributed by atoms with Crippen molar-refractivity contribution in [2.45, 2.75) is 13.3 Å². The van der Waals surface area contributed by atoms with E-state index in [4.69, 9.17) is 5.11 Å². The standard InChI is InChI=1S/C13H16N2O3/c1-9(16)4-6-15-7-5-14-11-3-2-10(13(17)18)8-12(11)15/h2-3,8,14H,4-7H2,1H3,(H,17,18). The Hall–Kier alpha value is -2.04. The largest absolute Gasteiger partial charge is 0.478 e. The molecule has 0 aliphatic carbocycles. The number of carboxylic acids is 1. The van der Waals surface area contributed by atoms with Crippen LogP contribution in [0.2, 0.25) is 0 Å². The number of nitrogens with zero attached hydrogens (tertiary/aromatic N) is 1. The van der Waals surface area contributed by atoms with Gasteiger partial charge in [-0.15, -0.1) is 0 Å². The van der Waals surface area contributed by atoms with Gasteiger partial charge in [0.1, 0.15) is 5.78 Å². The number of fused-ring (bicyclic) bond motifs is 1. The predicted molar refractivity (Wildman–Crippen MR) is 69.4 cm³/mol. The van der Waals surface area contributed by atoms with Gasteiger partial charge in [0.25, 0.3) is 0 Å². The van der Waals surface area contributed by atoms with E-state index in [0.717, 1.165) is 24.5 Å². The lowest BCUT2D eigenvalue weighted by atomic mass is 10.1. The Bertz CT molecular complexity index is 485. The summed E-state index contributed by atoms with van der Waals surface area (Å²) in [7, 11) is 0. The average Bonchev–Trinajstić information content (AvgIpc) is 2.35. The molecule has 0 saturated carbocycles. The van der Waals surface area contributed by atoms with Crippen LogP contribution in [-0.4, -0.2) is 36.5 Å². The lowest BCUT2D eigenvalue weighted by Crippen LogP contribution is -2.35. The second kappa shape index (κ2) is 5.08. The number of hydrogen-bond acceptors (Lipinski definition) is 4. The molecule has 0 saturated heterocycles. The third kappa shape index (κ3) is 2.61. The number of anilines is 2. The van der Waals surface area contributed by atoms with Crippen molar-refractivity contribution in [2.75, 3.05) is 29.9 Å². The van der Waals surface area contributed by atoms with Crippen molar-refractivity contribution in [2.24, 2.45) is 0 Å². The molecule has 1 aliphatic heterocycles. The van der Waals surface area contributed by atoms with Crippen molar-refractivity contribution in [3.8, 4) is 0 Å². The molecule has 96 valence electrons. The summed E-state index contributed by atoms with van der Waals surface area (Å²) < 4.78 is 0. The zero-order chi connectivity index (χ0) is 13.1. The predicted octanol–water partition coefficient (Wildman–Crippen LogP) is 1.60. The fourth-order valence-corrected chi connectivity index (χ4v) is 2.05. The third-order valence-electron chi connectivity index (χ3n) is 3.02. The van der Waals surface area contributed by atoms with Crippen LogP contribution in [0.5, 0.6) is 0 Å². The lowest BCUT2D eigenvalue weighted by molar-refractivity contribution is -0.116. The molecule has 0 unspecified atom stereocenters. The number of carbonyl (C=O) groups is 2. The van der Waals surface area contributed by atoms with Gasteiger partial charge in [-0.3, -0.25) is 4.79 Å². The number of Topliss-reactive ketones (excluding diaryl/α,β-unsaturated/α-hetero) is 1. The molecule has 1 aromatic rings. The fraction of sp³-hybridized carbons (Fsp3) is 0.385. The molecule has 1 heterocycles. The molecule has 0 aromatic heterocycles. The normalized spacial score (nSPS) is 13.7. The van der Waals surface area contributed by atoms with E-state index in [9.17, 15) is 9.59 Å². The first-order valence-corrected chi connectivity index (χ1v) is 5.93. The lowest BCUT2D eigenvalue weighted by Gasteiger charge is -2.32. The summed E-state index contributed by atoms with van der Waals surface area (Å²) in [6.45, 7) is 3.78. The second-order valence-corrected chi connectivity index (χ2v) is 4.40. The third-order valence-corrected chi connectivity index (χ3v) is 3.02. The van der Waals surface area contributed by atoms with Gasteiger partial charge in [0, 0.05) is 26.1 Å². The Kier molecular flexibility index (Phi) is 3.50. The van der Waals surface area contributed by atoms with E-state index in [1.807, 2.05) is 0 Å². The summed E-state index contributed by atoms with van der Waals surface area (Å²) in [5, 5.41) is 12.2. The molecule has 0 amide bonds. The van der Waals surface area contributed by atoms with E-state index in [1.165, 1.54) is 0 Å². The minimum atomic E-state index is -0.935. The monoisotopic (exact) mass is 248 g/mol. The van der Waals surface area contributed by atoms with Crippen LogP contribution in [0.25, 0.3) is 0 Å². The van der Waals surface area contributed by atoms with E-state index in [-0.39, 0.29) is 11.3 Å². The van der Waals surface area contributed by atoms with Crippen molar-refractivity contribution in [1.82, 2.24) is 0 Å². The first-order chi connectivity index (χ1) is 8.58. The second-order valence-electron chi connectivity index (χ2n) is 4.40. The van der Waals surface area contributed by atoms with E-state index in [2.05, 4.69) is 10.2 Å². The number of carboxylic acid groups (broad SMARTS) is 1.